The number of phenolic OH excluding ortho intramolecular Hbond substituents is 2. The minimum absolute atomic E-state index is 0.0364. The molecular formula is C18H23N3O3. The van der Waals surface area contributed by atoms with Gasteiger partial charge in [-0.05, 0) is 43.1 Å². The van der Waals surface area contributed by atoms with Crippen molar-refractivity contribution in [3.8, 4) is 22.6 Å². The number of aromatic hydroxyl groups is 2. The summed E-state index contributed by atoms with van der Waals surface area (Å²) in [5.74, 6) is -0.234. The second-order valence-electron chi connectivity index (χ2n) is 5.63. The molecule has 0 fully saturated rings. The van der Waals surface area contributed by atoms with Crippen molar-refractivity contribution in [1.82, 2.24) is 0 Å². The van der Waals surface area contributed by atoms with Crippen LogP contribution in [0.2, 0.25) is 0 Å². The molecule has 1 atom stereocenters. The number of nitrogens with two attached hydrogens (primary N) is 2. The van der Waals surface area contributed by atoms with Gasteiger partial charge in [-0.15, -0.1) is 0 Å². The number of rotatable bonds is 7. The smallest absolute Gasteiger partial charge is 0.241 e. The van der Waals surface area contributed by atoms with Gasteiger partial charge in [-0.3, -0.25) is 4.79 Å². The van der Waals surface area contributed by atoms with Gasteiger partial charge in [0.15, 0.2) is 0 Å². The minimum atomic E-state index is -0.645. The number of carbonyl (C=O) groups excluding carboxylic acids is 1. The van der Waals surface area contributed by atoms with Gasteiger partial charge < -0.3 is 27.0 Å². The summed E-state index contributed by atoms with van der Waals surface area (Å²) >= 11 is 0. The lowest BCUT2D eigenvalue weighted by molar-refractivity contribution is -0.117. The SMILES string of the molecule is NCCCC[C@H](N)C(=O)Nc1cccc(-c2ccc(O)cc2)c1O. The largest absolute Gasteiger partial charge is 0.508 e. The maximum absolute atomic E-state index is 12.1. The normalized spacial score (nSPS) is 11.9. The van der Waals surface area contributed by atoms with Crippen LogP contribution < -0.4 is 16.8 Å². The number of nitrogens with one attached hydrogen (secondary N) is 1. The van der Waals surface area contributed by atoms with Gasteiger partial charge in [0.25, 0.3) is 0 Å². The first-order valence-electron chi connectivity index (χ1n) is 7.91. The highest BCUT2D eigenvalue weighted by Gasteiger charge is 2.16. The van der Waals surface area contributed by atoms with Crippen LogP contribution in [0.5, 0.6) is 11.5 Å². The number of phenols is 2. The zero-order valence-corrected chi connectivity index (χ0v) is 13.4. The lowest BCUT2D eigenvalue weighted by atomic mass is 10.0. The molecule has 0 saturated carbocycles. The van der Waals surface area contributed by atoms with Crippen molar-refractivity contribution >= 4 is 11.6 Å². The van der Waals surface area contributed by atoms with Crippen molar-refractivity contribution in [1.29, 1.82) is 0 Å². The molecule has 0 aliphatic heterocycles. The van der Waals surface area contributed by atoms with E-state index in [9.17, 15) is 15.0 Å². The maximum Gasteiger partial charge on any atom is 0.241 e. The van der Waals surface area contributed by atoms with E-state index >= 15 is 0 Å². The van der Waals surface area contributed by atoms with Gasteiger partial charge in [-0.25, -0.2) is 0 Å². The van der Waals surface area contributed by atoms with Crippen LogP contribution in [0.15, 0.2) is 42.5 Å². The average molecular weight is 329 g/mol. The van der Waals surface area contributed by atoms with E-state index in [2.05, 4.69) is 5.32 Å². The standard InChI is InChI=1S/C18H23N3O3/c19-11-2-1-5-15(20)18(24)21-16-6-3-4-14(17(16)23)12-7-9-13(22)10-8-12/h3-4,6-10,15,22-23H,1-2,5,11,19-20H2,(H,21,24)/t15-/m0/s1. The molecular weight excluding hydrogens is 306 g/mol. The van der Waals surface area contributed by atoms with Crippen LogP contribution in [-0.4, -0.2) is 28.7 Å². The molecule has 0 aliphatic carbocycles. The van der Waals surface area contributed by atoms with Crippen molar-refractivity contribution < 1.29 is 15.0 Å². The predicted octanol–water partition coefficient (Wildman–Crippen LogP) is 2.16. The van der Waals surface area contributed by atoms with E-state index in [1.807, 2.05) is 0 Å². The Morgan fingerprint density at radius 1 is 1.08 bits per heavy atom. The molecule has 128 valence electrons. The molecule has 0 heterocycles. The first kappa shape index (κ1) is 17.8. The summed E-state index contributed by atoms with van der Waals surface area (Å²) in [5.41, 5.74) is 12.9. The van der Waals surface area contributed by atoms with Crippen LogP contribution in [0.3, 0.4) is 0 Å². The van der Waals surface area contributed by atoms with Crippen LogP contribution in [0.1, 0.15) is 19.3 Å². The Bertz CT molecular complexity index is 686. The minimum Gasteiger partial charge on any atom is -0.508 e. The fourth-order valence-corrected chi connectivity index (χ4v) is 2.38. The van der Waals surface area contributed by atoms with E-state index in [1.54, 1.807) is 30.3 Å². The summed E-state index contributed by atoms with van der Waals surface area (Å²) in [6.07, 6.45) is 2.15. The van der Waals surface area contributed by atoms with Gasteiger partial charge >= 0.3 is 0 Å². The fourth-order valence-electron chi connectivity index (χ4n) is 2.38. The molecule has 0 aromatic heterocycles. The van der Waals surface area contributed by atoms with Gasteiger partial charge in [0, 0.05) is 5.56 Å². The number of carbonyl (C=O) groups is 1. The van der Waals surface area contributed by atoms with E-state index in [1.165, 1.54) is 12.1 Å². The summed E-state index contributed by atoms with van der Waals surface area (Å²) in [7, 11) is 0. The van der Waals surface area contributed by atoms with Crippen LogP contribution >= 0.6 is 0 Å². The molecule has 0 unspecified atom stereocenters. The molecule has 24 heavy (non-hydrogen) atoms. The van der Waals surface area contributed by atoms with E-state index in [0.29, 0.717) is 24.2 Å². The van der Waals surface area contributed by atoms with Gasteiger partial charge in [0.05, 0.1) is 11.7 Å². The van der Waals surface area contributed by atoms with Gasteiger partial charge in [-0.1, -0.05) is 30.7 Å². The molecule has 6 nitrogen and oxygen atoms in total. The second kappa shape index (κ2) is 8.33. The summed E-state index contributed by atoms with van der Waals surface area (Å²) in [6.45, 7) is 0.573. The Balaban J connectivity index is 2.13. The number of unbranched alkanes of at least 4 members (excludes halogenated alkanes) is 1. The van der Waals surface area contributed by atoms with Crippen molar-refractivity contribution in [2.45, 2.75) is 25.3 Å². The summed E-state index contributed by atoms with van der Waals surface area (Å²) in [6, 6.07) is 10.9. The van der Waals surface area contributed by atoms with Crippen LogP contribution in [-0.2, 0) is 4.79 Å². The van der Waals surface area contributed by atoms with Crippen molar-refractivity contribution in [3.05, 3.63) is 42.5 Å². The zero-order valence-electron chi connectivity index (χ0n) is 13.4. The van der Waals surface area contributed by atoms with Gasteiger partial charge in [0.2, 0.25) is 5.91 Å². The number of hydrogen-bond donors (Lipinski definition) is 5. The highest BCUT2D eigenvalue weighted by molar-refractivity contribution is 5.97. The van der Waals surface area contributed by atoms with Crippen LogP contribution in [0.4, 0.5) is 5.69 Å². The van der Waals surface area contributed by atoms with Crippen LogP contribution in [0.25, 0.3) is 11.1 Å². The van der Waals surface area contributed by atoms with Crippen molar-refractivity contribution in [3.63, 3.8) is 0 Å². The lowest BCUT2D eigenvalue weighted by Crippen LogP contribution is -2.35. The molecule has 0 radical (unpaired) electrons. The summed E-state index contributed by atoms with van der Waals surface area (Å²) in [5, 5.41) is 22.4. The monoisotopic (exact) mass is 329 g/mol. The van der Waals surface area contributed by atoms with E-state index < -0.39 is 6.04 Å². The van der Waals surface area contributed by atoms with E-state index in [-0.39, 0.29) is 17.4 Å². The van der Waals surface area contributed by atoms with E-state index in [0.717, 1.165) is 18.4 Å². The topological polar surface area (TPSA) is 122 Å². The molecule has 6 heteroatoms. The number of hydrogen-bond acceptors (Lipinski definition) is 5. The number of amides is 1. The Labute approximate surface area is 141 Å². The van der Waals surface area contributed by atoms with Crippen LogP contribution in [0, 0.1) is 0 Å². The highest BCUT2D eigenvalue weighted by atomic mass is 16.3. The van der Waals surface area contributed by atoms with Crippen molar-refractivity contribution in [2.75, 3.05) is 11.9 Å². The molecule has 2 aromatic rings. The predicted molar refractivity (Wildman–Crippen MR) is 94.7 cm³/mol. The Hall–Kier alpha value is -2.57. The molecule has 0 bridgehead atoms. The summed E-state index contributed by atoms with van der Waals surface area (Å²) in [4.78, 5) is 12.1. The molecule has 2 rings (SSSR count). The van der Waals surface area contributed by atoms with Gasteiger partial charge in [-0.2, -0.15) is 0 Å². The third-order valence-corrected chi connectivity index (χ3v) is 3.78. The third-order valence-electron chi connectivity index (χ3n) is 3.78. The first-order valence-corrected chi connectivity index (χ1v) is 7.91. The summed E-state index contributed by atoms with van der Waals surface area (Å²) < 4.78 is 0. The molecule has 0 spiro atoms. The molecule has 0 saturated heterocycles. The van der Waals surface area contributed by atoms with Gasteiger partial charge in [0.1, 0.15) is 11.5 Å². The first-order chi connectivity index (χ1) is 11.5. The third kappa shape index (κ3) is 4.47. The average Bonchev–Trinajstić information content (AvgIpc) is 2.58. The zero-order chi connectivity index (χ0) is 17.5. The van der Waals surface area contributed by atoms with E-state index in [4.69, 9.17) is 11.5 Å². The number of benzene rings is 2. The lowest BCUT2D eigenvalue weighted by Gasteiger charge is -2.14. The highest BCUT2D eigenvalue weighted by Crippen LogP contribution is 2.35. The number of anilines is 1. The second-order valence-corrected chi connectivity index (χ2v) is 5.63. The quantitative estimate of drug-likeness (QED) is 0.393. The molecule has 2 aromatic carbocycles. The maximum atomic E-state index is 12.1. The molecule has 7 N–H and O–H groups in total. The Morgan fingerprint density at radius 3 is 2.46 bits per heavy atom. The molecule has 0 aliphatic rings. The van der Waals surface area contributed by atoms with Crippen molar-refractivity contribution in [2.24, 2.45) is 11.5 Å². The molecule has 1 amide bonds. The Kier molecular flexibility index (Phi) is 6.17. The number of para-hydroxylation sites is 1. The Morgan fingerprint density at radius 2 is 1.79 bits per heavy atom. The fraction of sp³-hybridized carbons (Fsp3) is 0.278.